The summed E-state index contributed by atoms with van der Waals surface area (Å²) in [6.07, 6.45) is -1.39. The molecule has 1 amide bonds. The quantitative estimate of drug-likeness (QED) is 0.875. The van der Waals surface area contributed by atoms with E-state index in [9.17, 15) is 18.0 Å². The summed E-state index contributed by atoms with van der Waals surface area (Å²) < 4.78 is 37.7. The first kappa shape index (κ1) is 16.9. The summed E-state index contributed by atoms with van der Waals surface area (Å²) in [6.45, 7) is 3.43. The Balaban J connectivity index is 1.62. The molecule has 0 radical (unpaired) electrons. The third-order valence-corrected chi connectivity index (χ3v) is 4.69. The van der Waals surface area contributed by atoms with Crippen LogP contribution in [0.1, 0.15) is 25.3 Å². The number of hydrogen-bond acceptors (Lipinski definition) is 5. The number of nitrogens with zero attached hydrogens (tertiary/aromatic N) is 4. The summed E-state index contributed by atoms with van der Waals surface area (Å²) in [7, 11) is 0. The van der Waals surface area contributed by atoms with E-state index in [0.29, 0.717) is 19.6 Å². The Morgan fingerprint density at radius 2 is 1.88 bits per heavy atom. The summed E-state index contributed by atoms with van der Waals surface area (Å²) in [6, 6.07) is 0.0615. The van der Waals surface area contributed by atoms with Crippen LogP contribution < -0.4 is 10.6 Å². The molecule has 3 rings (SSSR count). The minimum Gasteiger partial charge on any atom is -0.339 e. The highest BCUT2D eigenvalue weighted by molar-refractivity contribution is 5.80. The third kappa shape index (κ3) is 3.31. The zero-order valence-electron chi connectivity index (χ0n) is 13.3. The summed E-state index contributed by atoms with van der Waals surface area (Å²) >= 11 is 0. The van der Waals surface area contributed by atoms with Crippen LogP contribution in [0.2, 0.25) is 0 Å². The van der Waals surface area contributed by atoms with E-state index >= 15 is 0 Å². The van der Waals surface area contributed by atoms with Gasteiger partial charge in [0.1, 0.15) is 0 Å². The number of aromatic nitrogens is 2. The summed E-state index contributed by atoms with van der Waals surface area (Å²) in [5.41, 5.74) is 4.86. The Hall–Kier alpha value is -1.90. The third-order valence-electron chi connectivity index (χ3n) is 4.69. The van der Waals surface area contributed by atoms with Gasteiger partial charge in [-0.3, -0.25) is 4.79 Å². The van der Waals surface area contributed by atoms with Crippen molar-refractivity contribution < 1.29 is 18.0 Å². The van der Waals surface area contributed by atoms with Crippen molar-refractivity contribution >= 4 is 11.9 Å². The molecule has 24 heavy (non-hydrogen) atoms. The number of nitrogens with two attached hydrogens (primary N) is 1. The molecule has 0 unspecified atom stereocenters. The molecule has 0 spiro atoms. The van der Waals surface area contributed by atoms with Gasteiger partial charge in [-0.1, -0.05) is 0 Å². The number of alkyl halides is 3. The highest BCUT2D eigenvalue weighted by Crippen LogP contribution is 2.30. The monoisotopic (exact) mass is 343 g/mol. The van der Waals surface area contributed by atoms with Crippen LogP contribution in [-0.2, 0) is 11.0 Å². The van der Waals surface area contributed by atoms with E-state index in [1.807, 2.05) is 16.7 Å². The maximum atomic E-state index is 12.6. The predicted octanol–water partition coefficient (Wildman–Crippen LogP) is 1.27. The first-order chi connectivity index (χ1) is 11.3. The van der Waals surface area contributed by atoms with Gasteiger partial charge < -0.3 is 15.5 Å². The van der Waals surface area contributed by atoms with Crippen molar-refractivity contribution in [2.45, 2.75) is 38.0 Å². The molecule has 0 bridgehead atoms. The average molecular weight is 343 g/mol. The summed E-state index contributed by atoms with van der Waals surface area (Å²) in [5, 5.41) is 0. The second kappa shape index (κ2) is 6.19. The first-order valence-corrected chi connectivity index (χ1v) is 7.96. The van der Waals surface area contributed by atoms with E-state index in [1.165, 1.54) is 0 Å². The van der Waals surface area contributed by atoms with Crippen LogP contribution in [0.3, 0.4) is 0 Å². The zero-order valence-corrected chi connectivity index (χ0v) is 13.3. The fourth-order valence-electron chi connectivity index (χ4n) is 3.19. The lowest BCUT2D eigenvalue weighted by Gasteiger charge is -2.43. The highest BCUT2D eigenvalue weighted by Gasteiger charge is 2.37. The smallest absolute Gasteiger partial charge is 0.339 e. The SMILES string of the molecule is C[C@H]1CN(C(=O)C2CC(N)C2)CCN1c1ncc(C(F)(F)F)cn1. The molecule has 9 heteroatoms. The number of anilines is 1. The van der Waals surface area contributed by atoms with Crippen LogP contribution in [0.4, 0.5) is 19.1 Å². The molecule has 1 aliphatic carbocycles. The van der Waals surface area contributed by atoms with Crippen LogP contribution in [0.15, 0.2) is 12.4 Å². The van der Waals surface area contributed by atoms with Gasteiger partial charge in [-0.2, -0.15) is 13.2 Å². The number of amides is 1. The van der Waals surface area contributed by atoms with E-state index in [0.717, 1.165) is 25.2 Å². The van der Waals surface area contributed by atoms with E-state index < -0.39 is 11.7 Å². The summed E-state index contributed by atoms with van der Waals surface area (Å²) in [4.78, 5) is 23.7. The van der Waals surface area contributed by atoms with Gasteiger partial charge >= 0.3 is 6.18 Å². The molecule has 2 N–H and O–H groups in total. The second-order valence-electron chi connectivity index (χ2n) is 6.52. The van der Waals surface area contributed by atoms with Crippen LogP contribution in [-0.4, -0.2) is 52.5 Å². The topological polar surface area (TPSA) is 75.3 Å². The van der Waals surface area contributed by atoms with Crippen molar-refractivity contribution in [3.05, 3.63) is 18.0 Å². The molecule has 1 saturated carbocycles. The Labute approximate surface area is 137 Å². The number of carbonyl (C=O) groups is 1. The Kier molecular flexibility index (Phi) is 4.37. The predicted molar refractivity (Wildman–Crippen MR) is 81.1 cm³/mol. The molecule has 2 fully saturated rings. The molecular formula is C15H20F3N5O. The van der Waals surface area contributed by atoms with E-state index in [4.69, 9.17) is 5.73 Å². The zero-order chi connectivity index (χ0) is 17.5. The number of halogens is 3. The van der Waals surface area contributed by atoms with Crippen molar-refractivity contribution in [1.82, 2.24) is 14.9 Å². The van der Waals surface area contributed by atoms with Crippen molar-refractivity contribution in [2.24, 2.45) is 11.7 Å². The Bertz CT molecular complexity index is 600. The maximum absolute atomic E-state index is 12.6. The molecule has 1 aromatic rings. The fourth-order valence-corrected chi connectivity index (χ4v) is 3.19. The minimum atomic E-state index is -4.45. The van der Waals surface area contributed by atoms with Gasteiger partial charge in [0.05, 0.1) is 5.56 Å². The van der Waals surface area contributed by atoms with E-state index in [-0.39, 0.29) is 29.9 Å². The highest BCUT2D eigenvalue weighted by atomic mass is 19.4. The molecule has 1 aromatic heterocycles. The van der Waals surface area contributed by atoms with Gasteiger partial charge in [0.2, 0.25) is 11.9 Å². The number of hydrogen-bond donors (Lipinski definition) is 1. The molecule has 132 valence electrons. The molecule has 2 heterocycles. The molecule has 0 aromatic carbocycles. The maximum Gasteiger partial charge on any atom is 0.419 e. The number of piperazine rings is 1. The van der Waals surface area contributed by atoms with Gasteiger partial charge in [-0.25, -0.2) is 9.97 Å². The lowest BCUT2D eigenvalue weighted by molar-refractivity contribution is -0.140. The number of rotatable bonds is 2. The van der Waals surface area contributed by atoms with Gasteiger partial charge in [-0.05, 0) is 19.8 Å². The largest absolute Gasteiger partial charge is 0.419 e. The standard InChI is InChI=1S/C15H20F3N5O/c1-9-8-22(13(24)10-4-12(19)5-10)2-3-23(9)14-20-6-11(7-21-14)15(16,17)18/h6-7,9-10,12H,2-5,8,19H2,1H3/t9-,10?,12?/m0/s1. The molecule has 1 aliphatic heterocycles. The van der Waals surface area contributed by atoms with Crippen LogP contribution in [0.25, 0.3) is 0 Å². The lowest BCUT2D eigenvalue weighted by atomic mass is 9.80. The minimum absolute atomic E-state index is 0.0149. The lowest BCUT2D eigenvalue weighted by Crippen LogP contribution is -2.57. The molecule has 1 atom stereocenters. The Morgan fingerprint density at radius 3 is 2.38 bits per heavy atom. The van der Waals surface area contributed by atoms with E-state index in [1.54, 1.807) is 0 Å². The van der Waals surface area contributed by atoms with Crippen molar-refractivity contribution in [2.75, 3.05) is 24.5 Å². The Morgan fingerprint density at radius 1 is 1.25 bits per heavy atom. The van der Waals surface area contributed by atoms with Crippen molar-refractivity contribution in [1.29, 1.82) is 0 Å². The van der Waals surface area contributed by atoms with Gasteiger partial charge in [0.25, 0.3) is 0 Å². The summed E-state index contributed by atoms with van der Waals surface area (Å²) in [5.74, 6) is 0.394. The molecule has 2 aliphatic rings. The first-order valence-electron chi connectivity index (χ1n) is 7.96. The van der Waals surface area contributed by atoms with Gasteiger partial charge in [0.15, 0.2) is 0 Å². The van der Waals surface area contributed by atoms with Crippen LogP contribution >= 0.6 is 0 Å². The van der Waals surface area contributed by atoms with Crippen LogP contribution in [0, 0.1) is 5.92 Å². The fraction of sp³-hybridized carbons (Fsp3) is 0.667. The second-order valence-corrected chi connectivity index (χ2v) is 6.52. The van der Waals surface area contributed by atoms with Crippen LogP contribution in [0.5, 0.6) is 0 Å². The van der Waals surface area contributed by atoms with Crippen molar-refractivity contribution in [3.63, 3.8) is 0 Å². The van der Waals surface area contributed by atoms with Crippen molar-refractivity contribution in [3.8, 4) is 0 Å². The van der Waals surface area contributed by atoms with E-state index in [2.05, 4.69) is 9.97 Å². The normalized spacial score (nSPS) is 27.8. The average Bonchev–Trinajstić information content (AvgIpc) is 2.50. The molecule has 6 nitrogen and oxygen atoms in total. The van der Waals surface area contributed by atoms with Gasteiger partial charge in [0, 0.05) is 50.0 Å². The van der Waals surface area contributed by atoms with Gasteiger partial charge in [-0.15, -0.1) is 0 Å². The molecule has 1 saturated heterocycles. The molecular weight excluding hydrogens is 323 g/mol. The number of carbonyl (C=O) groups excluding carboxylic acids is 1.